The molecule has 108 valence electrons. The van der Waals surface area contributed by atoms with Gasteiger partial charge in [0.05, 0.1) is 12.8 Å². The zero-order valence-corrected chi connectivity index (χ0v) is 11.8. The molecule has 5 nitrogen and oxygen atoms in total. The molecule has 2 rings (SSSR count). The third-order valence-electron chi connectivity index (χ3n) is 2.61. The molecule has 1 aromatic heterocycles. The maximum Gasteiger partial charge on any atom is 0.243 e. The standard InChI is InChI=1S/C12H12ClFN2O3S/c13-9-4-8(6-15)12(14)11(5-9)20(17,18)16-7-10-2-1-3-19-10/h1-5,16H,6-7,15H2. The van der Waals surface area contributed by atoms with Crippen LogP contribution in [0, 0.1) is 5.82 Å². The average molecular weight is 319 g/mol. The van der Waals surface area contributed by atoms with Gasteiger partial charge in [0.1, 0.15) is 16.5 Å². The summed E-state index contributed by atoms with van der Waals surface area (Å²) in [4.78, 5) is -0.531. The van der Waals surface area contributed by atoms with Crippen molar-refractivity contribution in [1.82, 2.24) is 4.72 Å². The number of benzene rings is 1. The van der Waals surface area contributed by atoms with E-state index in [1.807, 2.05) is 0 Å². The number of hydrogen-bond donors (Lipinski definition) is 2. The fourth-order valence-corrected chi connectivity index (χ4v) is 3.06. The van der Waals surface area contributed by atoms with Crippen LogP contribution in [-0.2, 0) is 23.1 Å². The Morgan fingerprint density at radius 1 is 1.40 bits per heavy atom. The maximum atomic E-state index is 14.0. The maximum absolute atomic E-state index is 14.0. The minimum atomic E-state index is -4.05. The Kier molecular flexibility index (Phi) is 4.44. The van der Waals surface area contributed by atoms with Crippen molar-refractivity contribution in [2.24, 2.45) is 5.73 Å². The summed E-state index contributed by atoms with van der Waals surface area (Å²) in [6.07, 6.45) is 1.41. The lowest BCUT2D eigenvalue weighted by atomic mass is 10.2. The normalized spacial score (nSPS) is 11.8. The smallest absolute Gasteiger partial charge is 0.243 e. The molecule has 0 fully saturated rings. The molecule has 0 radical (unpaired) electrons. The van der Waals surface area contributed by atoms with Crippen LogP contribution in [0.5, 0.6) is 0 Å². The molecule has 0 spiro atoms. The second kappa shape index (κ2) is 5.92. The molecule has 2 aromatic rings. The Bertz CT molecular complexity index is 702. The number of halogens is 2. The molecular formula is C12H12ClFN2O3S. The van der Waals surface area contributed by atoms with Gasteiger partial charge < -0.3 is 10.2 Å². The van der Waals surface area contributed by atoms with Gasteiger partial charge in [-0.25, -0.2) is 17.5 Å². The van der Waals surface area contributed by atoms with E-state index in [4.69, 9.17) is 21.8 Å². The molecule has 0 aliphatic rings. The van der Waals surface area contributed by atoms with Gasteiger partial charge in [0.2, 0.25) is 10.0 Å². The fraction of sp³-hybridized carbons (Fsp3) is 0.167. The van der Waals surface area contributed by atoms with Crippen molar-refractivity contribution in [2.75, 3.05) is 0 Å². The third-order valence-corrected chi connectivity index (χ3v) is 4.22. The molecule has 0 unspecified atom stereocenters. The monoisotopic (exact) mass is 318 g/mol. The highest BCUT2D eigenvalue weighted by atomic mass is 35.5. The fourth-order valence-electron chi connectivity index (χ4n) is 1.62. The molecule has 0 aliphatic carbocycles. The van der Waals surface area contributed by atoms with Crippen LogP contribution in [-0.4, -0.2) is 8.42 Å². The number of furan rings is 1. The molecule has 0 saturated carbocycles. The molecule has 0 amide bonds. The largest absolute Gasteiger partial charge is 0.468 e. The molecule has 0 saturated heterocycles. The molecule has 1 aromatic carbocycles. The minimum absolute atomic E-state index is 0.0378. The summed E-state index contributed by atoms with van der Waals surface area (Å²) in [7, 11) is -4.05. The van der Waals surface area contributed by atoms with E-state index in [-0.39, 0.29) is 23.7 Å². The van der Waals surface area contributed by atoms with E-state index in [0.717, 1.165) is 6.07 Å². The van der Waals surface area contributed by atoms with Crippen LogP contribution in [0.1, 0.15) is 11.3 Å². The van der Waals surface area contributed by atoms with Crippen LogP contribution in [0.15, 0.2) is 39.8 Å². The second-order valence-corrected chi connectivity index (χ2v) is 6.16. The Balaban J connectivity index is 2.31. The van der Waals surface area contributed by atoms with Crippen molar-refractivity contribution in [1.29, 1.82) is 0 Å². The second-order valence-electron chi connectivity index (χ2n) is 3.99. The van der Waals surface area contributed by atoms with E-state index in [0.29, 0.717) is 5.76 Å². The first-order valence-electron chi connectivity index (χ1n) is 5.64. The van der Waals surface area contributed by atoms with Gasteiger partial charge in [-0.15, -0.1) is 0 Å². The van der Waals surface area contributed by atoms with Crippen LogP contribution >= 0.6 is 11.6 Å². The lowest BCUT2D eigenvalue weighted by Crippen LogP contribution is -2.24. The van der Waals surface area contributed by atoms with Gasteiger partial charge in [0.25, 0.3) is 0 Å². The van der Waals surface area contributed by atoms with Crippen LogP contribution in [0.25, 0.3) is 0 Å². The topological polar surface area (TPSA) is 85.3 Å². The van der Waals surface area contributed by atoms with Crippen LogP contribution < -0.4 is 10.5 Å². The summed E-state index contributed by atoms with van der Waals surface area (Å²) in [5.74, 6) is -0.487. The summed E-state index contributed by atoms with van der Waals surface area (Å²) in [6.45, 7) is -0.230. The predicted molar refractivity (Wildman–Crippen MR) is 72.0 cm³/mol. The van der Waals surface area contributed by atoms with Gasteiger partial charge >= 0.3 is 0 Å². The molecule has 0 atom stereocenters. The van der Waals surface area contributed by atoms with Crippen LogP contribution in [0.3, 0.4) is 0 Å². The Hall–Kier alpha value is -1.41. The van der Waals surface area contributed by atoms with E-state index in [2.05, 4.69) is 4.72 Å². The highest BCUT2D eigenvalue weighted by Crippen LogP contribution is 2.23. The Morgan fingerprint density at radius 3 is 2.75 bits per heavy atom. The molecule has 1 heterocycles. The number of rotatable bonds is 5. The molecule has 0 aliphatic heterocycles. The van der Waals surface area contributed by atoms with E-state index in [1.54, 1.807) is 12.1 Å². The first kappa shape index (κ1) is 15.0. The average Bonchev–Trinajstić information content (AvgIpc) is 2.92. The first-order valence-corrected chi connectivity index (χ1v) is 7.50. The van der Waals surface area contributed by atoms with Crippen molar-refractivity contribution in [2.45, 2.75) is 18.0 Å². The number of nitrogens with one attached hydrogen (secondary N) is 1. The van der Waals surface area contributed by atoms with Crippen LogP contribution in [0.2, 0.25) is 5.02 Å². The van der Waals surface area contributed by atoms with Gasteiger partial charge in [0, 0.05) is 17.1 Å². The predicted octanol–water partition coefficient (Wildman–Crippen LogP) is 2.01. The quantitative estimate of drug-likeness (QED) is 0.883. The zero-order valence-electron chi connectivity index (χ0n) is 10.3. The third kappa shape index (κ3) is 3.18. The van der Waals surface area contributed by atoms with Crippen molar-refractivity contribution in [3.05, 3.63) is 52.7 Å². The Morgan fingerprint density at radius 2 is 2.15 bits per heavy atom. The summed E-state index contributed by atoms with van der Waals surface area (Å²) >= 11 is 5.77. The highest BCUT2D eigenvalue weighted by Gasteiger charge is 2.22. The molecule has 3 N–H and O–H groups in total. The van der Waals surface area contributed by atoms with Crippen molar-refractivity contribution in [3.63, 3.8) is 0 Å². The van der Waals surface area contributed by atoms with Crippen molar-refractivity contribution in [3.8, 4) is 0 Å². The zero-order chi connectivity index (χ0) is 14.8. The van der Waals surface area contributed by atoms with Crippen LogP contribution in [0.4, 0.5) is 4.39 Å². The molecular weight excluding hydrogens is 307 g/mol. The van der Waals surface area contributed by atoms with E-state index >= 15 is 0 Å². The highest BCUT2D eigenvalue weighted by molar-refractivity contribution is 7.89. The van der Waals surface area contributed by atoms with Gasteiger partial charge in [-0.2, -0.15) is 0 Å². The summed E-state index contributed by atoms with van der Waals surface area (Å²) < 4.78 is 45.4. The number of hydrogen-bond acceptors (Lipinski definition) is 4. The lowest BCUT2D eigenvalue weighted by Gasteiger charge is -2.10. The minimum Gasteiger partial charge on any atom is -0.468 e. The summed E-state index contributed by atoms with van der Waals surface area (Å²) in [6, 6.07) is 5.56. The Labute approximate surface area is 120 Å². The van der Waals surface area contributed by atoms with Crippen molar-refractivity contribution >= 4 is 21.6 Å². The SMILES string of the molecule is NCc1cc(Cl)cc(S(=O)(=O)NCc2ccco2)c1F. The van der Waals surface area contributed by atoms with E-state index in [9.17, 15) is 12.8 Å². The lowest BCUT2D eigenvalue weighted by molar-refractivity contribution is 0.496. The molecule has 8 heteroatoms. The van der Waals surface area contributed by atoms with Gasteiger partial charge in [-0.3, -0.25) is 0 Å². The molecule has 0 bridgehead atoms. The van der Waals surface area contributed by atoms with E-state index < -0.39 is 20.7 Å². The first-order chi connectivity index (χ1) is 9.44. The van der Waals surface area contributed by atoms with E-state index in [1.165, 1.54) is 12.3 Å². The molecule has 20 heavy (non-hydrogen) atoms. The van der Waals surface area contributed by atoms with Crippen molar-refractivity contribution < 1.29 is 17.2 Å². The number of sulfonamides is 1. The number of nitrogens with two attached hydrogens (primary N) is 1. The van der Waals surface area contributed by atoms with Gasteiger partial charge in [-0.05, 0) is 24.3 Å². The summed E-state index contributed by atoms with van der Waals surface area (Å²) in [5, 5.41) is 0.102. The summed E-state index contributed by atoms with van der Waals surface area (Å²) in [5.41, 5.74) is 5.39. The van der Waals surface area contributed by atoms with Gasteiger partial charge in [0.15, 0.2) is 0 Å². The van der Waals surface area contributed by atoms with Gasteiger partial charge in [-0.1, -0.05) is 11.6 Å².